The number of hydrogen-bond donors (Lipinski definition) is 3. The Labute approximate surface area is 77.1 Å². The van der Waals surface area contributed by atoms with Crippen molar-refractivity contribution < 1.29 is 9.59 Å². The van der Waals surface area contributed by atoms with Gasteiger partial charge in [0.1, 0.15) is 0 Å². The van der Waals surface area contributed by atoms with Gasteiger partial charge in [0.05, 0.1) is 0 Å². The van der Waals surface area contributed by atoms with Gasteiger partial charge in [0.15, 0.2) is 0 Å². The van der Waals surface area contributed by atoms with Crippen LogP contribution in [0.25, 0.3) is 0 Å². The quantitative estimate of drug-likeness (QED) is 0.528. The molecule has 0 aliphatic heterocycles. The number of carbonyl (C=O) groups is 2. The molecule has 0 aromatic heterocycles. The average molecular weight is 185 g/mol. The number of primary amides is 1. The first-order chi connectivity index (χ1) is 6.22. The number of rotatable bonds is 3. The van der Waals surface area contributed by atoms with Crippen LogP contribution in [0.5, 0.6) is 0 Å². The summed E-state index contributed by atoms with van der Waals surface area (Å²) in [6.45, 7) is 0. The van der Waals surface area contributed by atoms with E-state index in [2.05, 4.69) is 10.6 Å². The fourth-order valence-electron chi connectivity index (χ4n) is 1.70. The molecule has 0 unspecified atom stereocenters. The zero-order valence-electron chi connectivity index (χ0n) is 7.45. The Balaban J connectivity index is 2.22. The van der Waals surface area contributed by atoms with Crippen LogP contribution in [0.2, 0.25) is 0 Å². The minimum absolute atomic E-state index is 0.183. The number of hydrogen-bond acceptors (Lipinski definition) is 2. The second kappa shape index (κ2) is 4.69. The topological polar surface area (TPSA) is 84.2 Å². The molecule has 0 heterocycles. The van der Waals surface area contributed by atoms with Crippen LogP contribution in [-0.4, -0.2) is 24.5 Å². The van der Waals surface area contributed by atoms with E-state index in [1.54, 1.807) is 0 Å². The molecule has 1 rings (SSSR count). The first-order valence-corrected chi connectivity index (χ1v) is 4.48. The molecule has 0 aromatic rings. The van der Waals surface area contributed by atoms with E-state index < -0.39 is 6.03 Å². The minimum Gasteiger partial charge on any atom is -0.356 e. The van der Waals surface area contributed by atoms with Crippen LogP contribution in [-0.2, 0) is 4.79 Å². The Hall–Kier alpha value is -1.26. The van der Waals surface area contributed by atoms with Crippen molar-refractivity contribution in [3.05, 3.63) is 0 Å². The maximum atomic E-state index is 10.5. The molecular formula is C8H15N3O2. The molecule has 0 spiro atoms. The monoisotopic (exact) mass is 185 g/mol. The Morgan fingerprint density at radius 3 is 2.23 bits per heavy atom. The zero-order chi connectivity index (χ0) is 9.68. The average Bonchev–Trinajstić information content (AvgIpc) is 2.08. The lowest BCUT2D eigenvalue weighted by molar-refractivity contribution is -0.110. The predicted octanol–water partition coefficient (Wildman–Crippen LogP) is -0.288. The third kappa shape index (κ3) is 3.31. The first kappa shape index (κ1) is 9.83. The fraction of sp³-hybridized carbons (Fsp3) is 0.750. The first-order valence-electron chi connectivity index (χ1n) is 4.48. The van der Waals surface area contributed by atoms with Gasteiger partial charge in [-0.3, -0.25) is 4.79 Å². The highest BCUT2D eigenvalue weighted by Gasteiger charge is 2.20. The van der Waals surface area contributed by atoms with Gasteiger partial charge >= 0.3 is 6.03 Å². The SMILES string of the molecule is NC(=O)NC1CCC(NC=O)CC1. The maximum absolute atomic E-state index is 10.5. The lowest BCUT2D eigenvalue weighted by atomic mass is 9.91. The lowest BCUT2D eigenvalue weighted by Crippen LogP contribution is -2.43. The number of urea groups is 1. The summed E-state index contributed by atoms with van der Waals surface area (Å²) in [4.78, 5) is 20.6. The van der Waals surface area contributed by atoms with Crippen LogP contribution in [0, 0.1) is 0 Å². The summed E-state index contributed by atoms with van der Waals surface area (Å²) in [5.74, 6) is 0. The molecule has 5 heteroatoms. The molecule has 1 aliphatic rings. The third-order valence-electron chi connectivity index (χ3n) is 2.38. The number of carbonyl (C=O) groups excluding carboxylic acids is 2. The highest BCUT2D eigenvalue weighted by atomic mass is 16.2. The second-order valence-corrected chi connectivity index (χ2v) is 3.34. The fourth-order valence-corrected chi connectivity index (χ4v) is 1.70. The summed E-state index contributed by atoms with van der Waals surface area (Å²) in [6.07, 6.45) is 4.31. The molecule has 0 bridgehead atoms. The van der Waals surface area contributed by atoms with E-state index >= 15 is 0 Å². The van der Waals surface area contributed by atoms with Gasteiger partial charge in [0.2, 0.25) is 6.41 Å². The van der Waals surface area contributed by atoms with Crippen LogP contribution in [0.1, 0.15) is 25.7 Å². The van der Waals surface area contributed by atoms with Crippen molar-refractivity contribution in [2.45, 2.75) is 37.8 Å². The Kier molecular flexibility index (Phi) is 3.54. The maximum Gasteiger partial charge on any atom is 0.312 e. The highest BCUT2D eigenvalue weighted by molar-refractivity contribution is 5.71. The molecule has 0 atom stereocenters. The molecule has 0 aromatic carbocycles. The van der Waals surface area contributed by atoms with E-state index in [1.807, 2.05) is 0 Å². The minimum atomic E-state index is -0.466. The summed E-state index contributed by atoms with van der Waals surface area (Å²) in [7, 11) is 0. The second-order valence-electron chi connectivity index (χ2n) is 3.34. The van der Waals surface area contributed by atoms with Gasteiger partial charge in [-0.2, -0.15) is 0 Å². The molecule has 1 saturated carbocycles. The number of amides is 3. The van der Waals surface area contributed by atoms with Crippen molar-refractivity contribution >= 4 is 12.4 Å². The van der Waals surface area contributed by atoms with Gasteiger partial charge in [-0.1, -0.05) is 0 Å². The molecule has 0 saturated heterocycles. The van der Waals surface area contributed by atoms with Crippen LogP contribution >= 0.6 is 0 Å². The van der Waals surface area contributed by atoms with Crippen molar-refractivity contribution in [2.75, 3.05) is 0 Å². The summed E-state index contributed by atoms with van der Waals surface area (Å²) >= 11 is 0. The van der Waals surface area contributed by atoms with Gasteiger partial charge in [0, 0.05) is 12.1 Å². The zero-order valence-corrected chi connectivity index (χ0v) is 7.45. The van der Waals surface area contributed by atoms with Crippen molar-refractivity contribution in [3.8, 4) is 0 Å². The normalized spacial score (nSPS) is 27.7. The van der Waals surface area contributed by atoms with E-state index in [4.69, 9.17) is 5.73 Å². The van der Waals surface area contributed by atoms with E-state index in [0.717, 1.165) is 32.1 Å². The van der Waals surface area contributed by atoms with E-state index in [0.29, 0.717) is 0 Å². The van der Waals surface area contributed by atoms with Crippen LogP contribution in [0.4, 0.5) is 4.79 Å². The van der Waals surface area contributed by atoms with Crippen molar-refractivity contribution in [1.82, 2.24) is 10.6 Å². The standard InChI is InChI=1S/C8H15N3O2/c9-8(13)11-7-3-1-6(2-4-7)10-5-12/h5-7H,1-4H2,(H,10,12)(H3,9,11,13). The summed E-state index contributed by atoms with van der Waals surface area (Å²) < 4.78 is 0. The molecule has 5 nitrogen and oxygen atoms in total. The van der Waals surface area contributed by atoms with E-state index in [1.165, 1.54) is 0 Å². The smallest absolute Gasteiger partial charge is 0.312 e. The number of nitrogens with two attached hydrogens (primary N) is 1. The van der Waals surface area contributed by atoms with E-state index in [-0.39, 0.29) is 12.1 Å². The molecule has 74 valence electrons. The summed E-state index contributed by atoms with van der Waals surface area (Å²) in [5, 5.41) is 5.40. The molecule has 0 radical (unpaired) electrons. The molecule has 1 aliphatic carbocycles. The Bertz CT molecular complexity index is 188. The predicted molar refractivity (Wildman–Crippen MR) is 48.0 cm³/mol. The summed E-state index contributed by atoms with van der Waals surface area (Å²) in [5.41, 5.74) is 4.99. The van der Waals surface area contributed by atoms with Crippen LogP contribution < -0.4 is 16.4 Å². The van der Waals surface area contributed by atoms with Crippen molar-refractivity contribution in [3.63, 3.8) is 0 Å². The molecule has 3 amide bonds. The Morgan fingerprint density at radius 1 is 1.23 bits per heavy atom. The van der Waals surface area contributed by atoms with Gasteiger partial charge in [-0.05, 0) is 25.7 Å². The van der Waals surface area contributed by atoms with Crippen LogP contribution in [0.3, 0.4) is 0 Å². The van der Waals surface area contributed by atoms with Gasteiger partial charge in [0.25, 0.3) is 0 Å². The molecular weight excluding hydrogens is 170 g/mol. The van der Waals surface area contributed by atoms with E-state index in [9.17, 15) is 9.59 Å². The molecule has 4 N–H and O–H groups in total. The van der Waals surface area contributed by atoms with Crippen LogP contribution in [0.15, 0.2) is 0 Å². The summed E-state index contributed by atoms with van der Waals surface area (Å²) in [6, 6.07) is -0.0163. The van der Waals surface area contributed by atoms with Crippen molar-refractivity contribution in [1.29, 1.82) is 0 Å². The third-order valence-corrected chi connectivity index (χ3v) is 2.38. The lowest BCUT2D eigenvalue weighted by Gasteiger charge is -2.27. The highest BCUT2D eigenvalue weighted by Crippen LogP contribution is 2.17. The van der Waals surface area contributed by atoms with Crippen molar-refractivity contribution in [2.24, 2.45) is 5.73 Å². The van der Waals surface area contributed by atoms with Gasteiger partial charge < -0.3 is 16.4 Å². The largest absolute Gasteiger partial charge is 0.356 e. The van der Waals surface area contributed by atoms with Gasteiger partial charge in [-0.15, -0.1) is 0 Å². The molecule has 13 heavy (non-hydrogen) atoms. The number of nitrogens with one attached hydrogen (secondary N) is 2. The molecule has 1 fully saturated rings. The Morgan fingerprint density at radius 2 is 1.77 bits per heavy atom. The van der Waals surface area contributed by atoms with Gasteiger partial charge in [-0.25, -0.2) is 4.79 Å².